The molecule has 0 radical (unpaired) electrons. The van der Waals surface area contributed by atoms with Crippen LogP contribution in [-0.2, 0) is 12.0 Å². The van der Waals surface area contributed by atoms with Gasteiger partial charge in [0.1, 0.15) is 17.1 Å². The SMILES string of the molecule is COc1ccc(-c2cncnc2)cc1C(C)(C)CC(O)(Cn1cc(Cl)c(=O)c2sccc21)C(F)(F)F. The maximum Gasteiger partial charge on any atom is 0.418 e. The van der Waals surface area contributed by atoms with Gasteiger partial charge in [0, 0.05) is 29.7 Å². The summed E-state index contributed by atoms with van der Waals surface area (Å²) in [6.07, 6.45) is 0.0479. The van der Waals surface area contributed by atoms with E-state index in [-0.39, 0.29) is 15.2 Å². The van der Waals surface area contributed by atoms with Gasteiger partial charge in [0.05, 0.1) is 23.9 Å². The van der Waals surface area contributed by atoms with Gasteiger partial charge in [0.25, 0.3) is 0 Å². The van der Waals surface area contributed by atoms with E-state index in [0.717, 1.165) is 17.5 Å². The Morgan fingerprint density at radius 2 is 1.83 bits per heavy atom. The van der Waals surface area contributed by atoms with Gasteiger partial charge in [-0.3, -0.25) is 4.79 Å². The molecule has 3 heterocycles. The van der Waals surface area contributed by atoms with Crippen molar-refractivity contribution in [3.8, 4) is 16.9 Å². The lowest BCUT2D eigenvalue weighted by Gasteiger charge is -2.39. The van der Waals surface area contributed by atoms with Gasteiger partial charge in [-0.05, 0) is 41.0 Å². The zero-order valence-corrected chi connectivity index (χ0v) is 21.2. The number of rotatable bonds is 7. The van der Waals surface area contributed by atoms with E-state index in [1.54, 1.807) is 49.8 Å². The first-order valence-corrected chi connectivity index (χ1v) is 12.1. The number of methoxy groups -OCH3 is 1. The lowest BCUT2D eigenvalue weighted by atomic mass is 9.73. The number of halogens is 4. The van der Waals surface area contributed by atoms with Crippen molar-refractivity contribution in [2.24, 2.45) is 0 Å². The maximum absolute atomic E-state index is 14.5. The predicted octanol–water partition coefficient (Wildman–Crippen LogP) is 5.84. The zero-order chi connectivity index (χ0) is 26.3. The normalized spacial score (nSPS) is 14.1. The van der Waals surface area contributed by atoms with E-state index in [1.165, 1.54) is 24.1 Å². The lowest BCUT2D eigenvalue weighted by molar-refractivity contribution is -0.271. The number of aliphatic hydroxyl groups is 1. The molecule has 4 aromatic rings. The van der Waals surface area contributed by atoms with Gasteiger partial charge in [0.15, 0.2) is 5.60 Å². The van der Waals surface area contributed by atoms with Gasteiger partial charge in [-0.1, -0.05) is 31.5 Å². The van der Waals surface area contributed by atoms with Crippen molar-refractivity contribution in [1.82, 2.24) is 14.5 Å². The van der Waals surface area contributed by atoms with Gasteiger partial charge in [0.2, 0.25) is 5.43 Å². The Morgan fingerprint density at radius 3 is 2.47 bits per heavy atom. The summed E-state index contributed by atoms with van der Waals surface area (Å²) in [5.74, 6) is 0.386. The largest absolute Gasteiger partial charge is 0.496 e. The van der Waals surface area contributed by atoms with E-state index < -0.39 is 35.6 Å². The Kier molecular flexibility index (Phi) is 6.89. The number of hydrogen-bond donors (Lipinski definition) is 1. The van der Waals surface area contributed by atoms with Crippen molar-refractivity contribution in [3.05, 3.63) is 75.4 Å². The van der Waals surface area contributed by atoms with Crippen LogP contribution in [0.5, 0.6) is 5.75 Å². The molecule has 0 aliphatic rings. The molecule has 0 saturated heterocycles. The van der Waals surface area contributed by atoms with Crippen molar-refractivity contribution in [1.29, 1.82) is 0 Å². The zero-order valence-electron chi connectivity index (χ0n) is 19.6. The molecular formula is C25H23ClF3N3O3S. The van der Waals surface area contributed by atoms with Crippen molar-refractivity contribution < 1.29 is 23.0 Å². The highest BCUT2D eigenvalue weighted by atomic mass is 35.5. The summed E-state index contributed by atoms with van der Waals surface area (Å²) in [6, 6.07) is 6.70. The summed E-state index contributed by atoms with van der Waals surface area (Å²) in [5.41, 5.74) is -2.67. The fraction of sp³-hybridized carbons (Fsp3) is 0.320. The monoisotopic (exact) mass is 537 g/mol. The van der Waals surface area contributed by atoms with Crippen LogP contribution in [0.1, 0.15) is 25.8 Å². The second kappa shape index (κ2) is 9.49. The Labute approximate surface area is 214 Å². The number of aromatic nitrogens is 3. The van der Waals surface area contributed by atoms with E-state index in [1.807, 2.05) is 0 Å². The molecule has 0 amide bonds. The molecule has 1 atom stereocenters. The number of alkyl halides is 3. The van der Waals surface area contributed by atoms with E-state index in [9.17, 15) is 23.1 Å². The van der Waals surface area contributed by atoms with Crippen molar-refractivity contribution in [2.75, 3.05) is 7.11 Å². The molecule has 0 spiro atoms. The molecule has 4 rings (SSSR count). The highest BCUT2D eigenvalue weighted by Gasteiger charge is 2.56. The summed E-state index contributed by atoms with van der Waals surface area (Å²) in [6.45, 7) is 2.39. The lowest BCUT2D eigenvalue weighted by Crippen LogP contribution is -2.52. The molecular weight excluding hydrogens is 515 g/mol. The molecule has 0 aliphatic heterocycles. The van der Waals surface area contributed by atoms with Gasteiger partial charge in [-0.15, -0.1) is 11.3 Å². The summed E-state index contributed by atoms with van der Waals surface area (Å²) < 4.78 is 50.3. The molecule has 0 fully saturated rings. The van der Waals surface area contributed by atoms with Crippen LogP contribution in [0.3, 0.4) is 0 Å². The van der Waals surface area contributed by atoms with E-state index in [0.29, 0.717) is 22.4 Å². The first kappa shape index (κ1) is 26.1. The molecule has 1 N–H and O–H groups in total. The van der Waals surface area contributed by atoms with Crippen LogP contribution in [0.15, 0.2) is 59.4 Å². The van der Waals surface area contributed by atoms with E-state index >= 15 is 0 Å². The molecule has 0 saturated carbocycles. The van der Waals surface area contributed by atoms with Crippen LogP contribution in [-0.4, -0.2) is 38.5 Å². The summed E-state index contributed by atoms with van der Waals surface area (Å²) in [4.78, 5) is 20.3. The summed E-state index contributed by atoms with van der Waals surface area (Å²) in [7, 11) is 1.44. The third-order valence-corrected chi connectivity index (χ3v) is 7.33. The van der Waals surface area contributed by atoms with Gasteiger partial charge in [-0.2, -0.15) is 13.2 Å². The average Bonchev–Trinajstić information content (AvgIpc) is 3.32. The standard InChI is InChI=1S/C25H23ClF3N3O3S/c1-23(2,17-8-15(4-5-20(17)35-3)16-9-30-14-31-10-16)12-24(34,25(27,28)29)13-32-11-18(26)21(33)22-19(32)6-7-36-22/h4-11,14,34H,12-13H2,1-3H3. The van der Waals surface area contributed by atoms with Gasteiger partial charge < -0.3 is 14.4 Å². The average molecular weight is 538 g/mol. The molecule has 6 nitrogen and oxygen atoms in total. The van der Waals surface area contributed by atoms with E-state index in [2.05, 4.69) is 9.97 Å². The first-order valence-electron chi connectivity index (χ1n) is 10.9. The van der Waals surface area contributed by atoms with E-state index in [4.69, 9.17) is 16.3 Å². The second-order valence-corrected chi connectivity index (χ2v) is 10.5. The molecule has 0 aliphatic carbocycles. The highest BCUT2D eigenvalue weighted by Crippen LogP contribution is 2.45. The van der Waals surface area contributed by atoms with Crippen LogP contribution in [0, 0.1) is 0 Å². The smallest absolute Gasteiger partial charge is 0.418 e. The van der Waals surface area contributed by atoms with Gasteiger partial charge in [-0.25, -0.2) is 9.97 Å². The predicted molar refractivity (Wildman–Crippen MR) is 134 cm³/mol. The maximum atomic E-state index is 14.5. The molecule has 190 valence electrons. The van der Waals surface area contributed by atoms with Crippen LogP contribution < -0.4 is 10.2 Å². The third-order valence-electron chi connectivity index (χ3n) is 6.16. The van der Waals surface area contributed by atoms with Gasteiger partial charge >= 0.3 is 6.18 Å². The molecule has 0 bridgehead atoms. The Balaban J connectivity index is 1.78. The minimum absolute atomic E-state index is 0.215. The summed E-state index contributed by atoms with van der Waals surface area (Å²) >= 11 is 7.10. The molecule has 36 heavy (non-hydrogen) atoms. The third kappa shape index (κ3) is 4.85. The number of benzene rings is 1. The van der Waals surface area contributed by atoms with Crippen LogP contribution in [0.25, 0.3) is 21.3 Å². The first-order chi connectivity index (χ1) is 16.9. The minimum atomic E-state index is -4.99. The van der Waals surface area contributed by atoms with Crippen LogP contribution >= 0.6 is 22.9 Å². The van der Waals surface area contributed by atoms with Crippen LogP contribution in [0.4, 0.5) is 13.2 Å². The molecule has 11 heteroatoms. The number of pyridine rings is 1. The number of ether oxygens (including phenoxy) is 1. The van der Waals surface area contributed by atoms with Crippen molar-refractivity contribution in [2.45, 2.75) is 44.0 Å². The Hall–Kier alpha value is -2.95. The fourth-order valence-corrected chi connectivity index (χ4v) is 5.55. The van der Waals surface area contributed by atoms with Crippen molar-refractivity contribution >= 4 is 33.2 Å². The Bertz CT molecular complexity index is 1450. The Morgan fingerprint density at radius 1 is 1.14 bits per heavy atom. The fourth-order valence-electron chi connectivity index (χ4n) is 4.42. The second-order valence-electron chi connectivity index (χ2n) is 9.20. The number of hydrogen-bond acceptors (Lipinski definition) is 6. The molecule has 1 unspecified atom stereocenters. The molecule has 1 aromatic carbocycles. The number of thiophene rings is 1. The summed E-state index contributed by atoms with van der Waals surface area (Å²) in [5, 5.41) is 12.6. The van der Waals surface area contributed by atoms with Crippen molar-refractivity contribution in [3.63, 3.8) is 0 Å². The van der Waals surface area contributed by atoms with Crippen LogP contribution in [0.2, 0.25) is 5.02 Å². The number of nitrogens with zero attached hydrogens (tertiary/aromatic N) is 3. The highest BCUT2D eigenvalue weighted by molar-refractivity contribution is 7.17. The molecule has 3 aromatic heterocycles. The topological polar surface area (TPSA) is 77.2 Å². The minimum Gasteiger partial charge on any atom is -0.496 e. The quantitative estimate of drug-likeness (QED) is 0.320. The number of fused-ring (bicyclic) bond motifs is 1.